The van der Waals surface area contributed by atoms with E-state index in [1.165, 1.54) is 0 Å². The highest BCUT2D eigenvalue weighted by atomic mass is 19.5. The molecule has 4 saturated heterocycles. The minimum atomic E-state index is -7.83. The molecule has 0 aromatic heterocycles. The van der Waals surface area contributed by atoms with Crippen LogP contribution in [0.4, 0.5) is 281 Å². The van der Waals surface area contributed by atoms with Gasteiger partial charge in [-0.3, -0.25) is 19.2 Å². The number of halogens is 64. The molecule has 145 heavy (non-hydrogen) atoms. The molecule has 0 aromatic carbocycles. The lowest BCUT2D eigenvalue weighted by Crippen LogP contribution is -2.92. The van der Waals surface area contributed by atoms with Crippen LogP contribution in [0.1, 0.15) is 133 Å². The van der Waals surface area contributed by atoms with Gasteiger partial charge in [-0.25, -0.2) is 0 Å². The van der Waals surface area contributed by atoms with Crippen molar-refractivity contribution in [3.8, 4) is 0 Å². The predicted octanol–water partition coefficient (Wildman–Crippen LogP) is 24.3. The number of carbonyl (C=O) groups excluding carboxylic acids is 4. The van der Waals surface area contributed by atoms with Crippen molar-refractivity contribution in [2.45, 2.75) is 348 Å². The molecule has 0 bridgehead atoms. The Balaban J connectivity index is 0.000000655. The third kappa shape index (κ3) is 18.2. The molecule has 16 nitrogen and oxygen atoms in total. The zero-order valence-electron chi connectivity index (χ0n) is 70.6. The Morgan fingerprint density at radius 1 is 0.276 bits per heavy atom. The van der Waals surface area contributed by atoms with E-state index in [0.717, 1.165) is 0 Å². The fourth-order valence-electron chi connectivity index (χ4n) is 13.6. The van der Waals surface area contributed by atoms with Crippen molar-refractivity contribution in [2.24, 2.45) is 27.6 Å². The molecule has 0 spiro atoms. The number of hydrogen-bond acceptors (Lipinski definition) is 16. The topological polar surface area (TPSA) is 223 Å². The quantitative estimate of drug-likeness (QED) is 0.0721. The monoisotopic (exact) mass is 2310 g/mol. The van der Waals surface area contributed by atoms with E-state index in [4.69, 9.17) is 5.11 Å². The maximum absolute atomic E-state index is 15.4. The molecule has 4 aliphatic heterocycles. The zero-order valence-corrected chi connectivity index (χ0v) is 70.6. The summed E-state index contributed by atoms with van der Waals surface area (Å²) in [7, 11) is 0. The fraction of sp³-hybridized carbons (Fsp3) is 0.938. The maximum atomic E-state index is 15.4. The van der Waals surface area contributed by atoms with E-state index < -0.39 is 331 Å². The summed E-state index contributed by atoms with van der Waals surface area (Å²) in [5, 5.41) is 37.6. The largest absolute Gasteiger partial charge is 0.462 e. The fourth-order valence-corrected chi connectivity index (χ4v) is 13.6. The van der Waals surface area contributed by atoms with Crippen LogP contribution in [-0.2, 0) is 57.1 Å². The predicted molar refractivity (Wildman–Crippen MR) is 324 cm³/mol. The minimum Gasteiger partial charge on any atom is -0.417 e. The highest BCUT2D eigenvalue weighted by Gasteiger charge is 3.07. The second-order valence-corrected chi connectivity index (χ2v) is 32.3. The van der Waals surface area contributed by atoms with E-state index >= 15 is 17.6 Å². The Morgan fingerprint density at radius 2 is 0.503 bits per heavy atom. The summed E-state index contributed by atoms with van der Waals surface area (Å²) in [4.78, 5) is 48.1. The van der Waals surface area contributed by atoms with E-state index in [-0.39, 0.29) is 41.0 Å². The van der Waals surface area contributed by atoms with Gasteiger partial charge in [0, 0.05) is 5.92 Å². The molecule has 5 fully saturated rings. The Hall–Kier alpha value is -6.92. The Labute approximate surface area is 757 Å². The van der Waals surface area contributed by atoms with Crippen LogP contribution < -0.4 is 0 Å². The van der Waals surface area contributed by atoms with Crippen LogP contribution in [0.15, 0.2) is 0 Å². The smallest absolute Gasteiger partial charge is 0.417 e. The molecule has 0 aromatic rings. The second-order valence-electron chi connectivity index (χ2n) is 32.3. The average Bonchev–Trinajstić information content (AvgIpc) is 0.631. The first-order chi connectivity index (χ1) is 62.4. The van der Waals surface area contributed by atoms with Crippen molar-refractivity contribution < 1.29 is 358 Å². The van der Waals surface area contributed by atoms with Gasteiger partial charge in [-0.05, 0) is 79.6 Å². The van der Waals surface area contributed by atoms with Gasteiger partial charge >= 0.3 is 193 Å². The summed E-state index contributed by atoms with van der Waals surface area (Å²) in [6.45, 7) is -1.36. The van der Waals surface area contributed by atoms with Gasteiger partial charge in [-0.2, -0.15) is 281 Å². The summed E-state index contributed by atoms with van der Waals surface area (Å²) < 4.78 is 908. The van der Waals surface area contributed by atoms with E-state index in [9.17, 15) is 298 Å². The normalized spacial score (nSPS) is 33.2. The highest BCUT2D eigenvalue weighted by Crippen LogP contribution is 2.77. The molecule has 80 heteroatoms. The summed E-state index contributed by atoms with van der Waals surface area (Å²) >= 11 is 0. The van der Waals surface area contributed by atoms with Crippen molar-refractivity contribution >= 4 is 23.9 Å². The van der Waals surface area contributed by atoms with Gasteiger partial charge in [0.15, 0.2) is 21.7 Å². The van der Waals surface area contributed by atoms with Crippen LogP contribution >= 0.6 is 0 Å². The van der Waals surface area contributed by atoms with Crippen molar-refractivity contribution in [1.82, 2.24) is 0 Å². The van der Waals surface area contributed by atoms with E-state index in [1.54, 1.807) is 0 Å². The number of hydrogen-bond donors (Lipinski definition) is 4. The van der Waals surface area contributed by atoms with Crippen LogP contribution in [0, 0.1) is 27.6 Å². The Morgan fingerprint density at radius 3 is 0.710 bits per heavy atom. The summed E-state index contributed by atoms with van der Waals surface area (Å²) in [5.74, 6) is -107. The van der Waals surface area contributed by atoms with E-state index in [1.807, 2.05) is 0 Å². The zero-order chi connectivity index (χ0) is 118. The Kier molecular flexibility index (Phi) is 33.9. The molecular weight excluding hydrogens is 2250 g/mol. The van der Waals surface area contributed by atoms with Crippen molar-refractivity contribution in [3.05, 3.63) is 0 Å². The Bertz CT molecular complexity index is 4590. The molecule has 4 N–H and O–H groups in total. The van der Waals surface area contributed by atoms with Crippen molar-refractivity contribution in [1.29, 1.82) is 0 Å². The molecule has 0 radical (unpaired) electrons. The lowest BCUT2D eigenvalue weighted by atomic mass is 9.63. The number of carbonyl (C=O) groups is 4. The molecule has 1 aliphatic carbocycles. The van der Waals surface area contributed by atoms with Gasteiger partial charge < -0.3 is 58.3 Å². The van der Waals surface area contributed by atoms with E-state index in [0.29, 0.717) is 27.7 Å². The van der Waals surface area contributed by atoms with Gasteiger partial charge in [-0.1, -0.05) is 53.9 Å². The first-order valence-electron chi connectivity index (χ1n) is 37.1. The van der Waals surface area contributed by atoms with Crippen LogP contribution in [0.3, 0.4) is 0 Å². The molecule has 0 amide bonds. The van der Waals surface area contributed by atoms with Crippen LogP contribution in [-0.4, -0.2) is 259 Å². The average molecular weight is 2310 g/mol. The number of ether oxygens (including phenoxy) is 8. The number of aliphatic hydroxyl groups is 4. The molecule has 860 valence electrons. The van der Waals surface area contributed by atoms with Crippen LogP contribution in [0.5, 0.6) is 0 Å². The number of alkyl halides is 64. The van der Waals surface area contributed by atoms with E-state index in [2.05, 4.69) is 37.9 Å². The molecule has 5 rings (SSSR count). The van der Waals surface area contributed by atoms with Crippen molar-refractivity contribution in [3.63, 3.8) is 0 Å². The molecule has 16 atom stereocenters. The molecule has 1 saturated carbocycles. The van der Waals surface area contributed by atoms with Crippen LogP contribution in [0.2, 0.25) is 0 Å². The van der Waals surface area contributed by atoms with Gasteiger partial charge in [0.1, 0.15) is 0 Å². The summed E-state index contributed by atoms with van der Waals surface area (Å²) in [6, 6.07) is 0. The molecule has 4 heterocycles. The third-order valence-corrected chi connectivity index (χ3v) is 24.1. The third-order valence-electron chi connectivity index (χ3n) is 24.1. The molecule has 5 aliphatic rings. The van der Waals surface area contributed by atoms with Crippen LogP contribution in [0.25, 0.3) is 0 Å². The van der Waals surface area contributed by atoms with Gasteiger partial charge in [-0.15, -0.1) is 0 Å². The van der Waals surface area contributed by atoms with Crippen molar-refractivity contribution in [2.75, 3.05) is 0 Å². The first kappa shape index (κ1) is 134. The lowest BCUT2D eigenvalue weighted by molar-refractivity contribution is -0.585. The maximum Gasteiger partial charge on any atom is 0.462 e. The standard InChI is InChI=1S/C20H20F16O4.C16H14F16O4.C15H12F16O4.C14H10F16O4/c1-3-11(2,17(25,26)27)10(37)39-16(20(34,35)36)15(23,24)13(38,19(31,32)33)14(21,22)12(40-16,18(28,29)30)9-7-5-4-6-8-9;1-4-7(3,13(21,22)23)6(33)35-12(16(30,31)32)11(19,20)9(34,15(27,28)29)10(17,18)8(5-2,36-12)14(24,25)26;1-4-6(2,12(20,21)22)5(32)34-11(15(29,30)31)10(18,19)8(33,14(26,27)28)9(16,17)7(3,35-11)13(23,24)25;1-3-6(2,12(22,23)24)5(31)34-11(14(28,29)30)10(20,21)9(32,13(25,26)27)7(15,16)4(33-11)8(17,18)19/h9,38H,3-8H2,1-2H3;34H,4-5H2,1-3H3;33H,4H2,1-3H3;4,32H,3H2,1-2H3. The summed E-state index contributed by atoms with van der Waals surface area (Å²) in [5.41, 5.74) is -66.8. The highest BCUT2D eigenvalue weighted by molar-refractivity contribution is 5.80. The first-order valence-corrected chi connectivity index (χ1v) is 37.1. The molecule has 16 unspecified atom stereocenters. The van der Waals surface area contributed by atoms with Gasteiger partial charge in [0.25, 0.3) is 22.4 Å². The minimum absolute atomic E-state index is 0.102. The number of rotatable bonds is 14. The number of esters is 4. The van der Waals surface area contributed by atoms with Gasteiger partial charge in [0.2, 0.25) is 22.9 Å². The molecular formula is C65H56F64O16. The summed E-state index contributed by atoms with van der Waals surface area (Å²) in [6.07, 6.45) is -133. The van der Waals surface area contributed by atoms with Gasteiger partial charge in [0.05, 0.1) is 0 Å². The SMILES string of the molecule is CCC(C)(C(=O)OC1(C(F)(F)F)OC(C(F)(F)F)C(F)(F)C(O)(C(F)(F)F)C1(F)F)C(F)(F)F.CCC(C)(C(=O)OC1(C(F)(F)F)OC(C)(C(F)(F)F)C(F)(F)C(O)(C(F)(F)F)C1(F)F)C(F)(F)F.CCC(C)(C(=O)OC1(C(F)(F)F)OC(C2CCCCC2)(C(F)(F)F)C(F)(F)C(O)(C(F)(F)F)C1(F)F)C(F)(F)F.CCC(C)(C(=O)OC1(C(F)(F)F)OC(CC)(C(F)(F)F)C(F)(F)C(O)(C(F)(F)F)C1(F)F)C(F)(F)F. The second kappa shape index (κ2) is 36.7. The lowest BCUT2D eigenvalue weighted by Gasteiger charge is -2.62.